The van der Waals surface area contributed by atoms with Crippen molar-refractivity contribution in [1.82, 2.24) is 5.43 Å². The Balaban J connectivity index is 1.58. The smallest absolute Gasteiger partial charge is 0.250 e. The number of aryl methyl sites for hydroxylation is 2. The molecule has 0 aliphatic heterocycles. The predicted octanol–water partition coefficient (Wildman–Crippen LogP) is 6.37. The van der Waals surface area contributed by atoms with Crippen molar-refractivity contribution in [3.63, 3.8) is 0 Å². The highest BCUT2D eigenvalue weighted by Gasteiger charge is 2.07. The van der Waals surface area contributed by atoms with Crippen LogP contribution in [0.4, 0.5) is 0 Å². The second kappa shape index (κ2) is 9.90. The van der Waals surface area contributed by atoms with E-state index in [0.29, 0.717) is 5.75 Å². The average Bonchev–Trinajstić information content (AvgIpc) is 2.74. The Morgan fingerprint density at radius 1 is 0.966 bits per heavy atom. The number of carbonyl (C=O) groups excluding carboxylic acids is 1. The van der Waals surface area contributed by atoms with Gasteiger partial charge in [-0.15, -0.1) is 11.8 Å². The fourth-order valence-corrected chi connectivity index (χ4v) is 4.19. The normalized spacial score (nSPS) is 11.4. The Morgan fingerprint density at radius 2 is 1.62 bits per heavy atom. The summed E-state index contributed by atoms with van der Waals surface area (Å²) < 4.78 is 1.09. The van der Waals surface area contributed by atoms with E-state index in [1.165, 1.54) is 17.3 Å². The van der Waals surface area contributed by atoms with Gasteiger partial charge in [0, 0.05) is 9.37 Å². The lowest BCUT2D eigenvalue weighted by Crippen LogP contribution is -2.21. The summed E-state index contributed by atoms with van der Waals surface area (Å²) in [7, 11) is 0. The van der Waals surface area contributed by atoms with E-state index in [0.717, 1.165) is 37.3 Å². The molecule has 0 saturated heterocycles. The molecule has 0 bridgehead atoms. The number of carbonyl (C=O) groups is 1. The molecule has 3 nitrogen and oxygen atoms in total. The summed E-state index contributed by atoms with van der Waals surface area (Å²) in [5.41, 5.74) is 9.07. The van der Waals surface area contributed by atoms with Crippen LogP contribution >= 0.6 is 27.7 Å². The van der Waals surface area contributed by atoms with Crippen LogP contribution in [0.2, 0.25) is 0 Å². The van der Waals surface area contributed by atoms with E-state index in [9.17, 15) is 4.79 Å². The molecular weight excluding hydrogens is 444 g/mol. The van der Waals surface area contributed by atoms with Crippen molar-refractivity contribution in [2.75, 3.05) is 5.75 Å². The number of hydrazone groups is 1. The van der Waals surface area contributed by atoms with Crippen LogP contribution in [0, 0.1) is 13.8 Å². The van der Waals surface area contributed by atoms with Crippen LogP contribution in [0.1, 0.15) is 23.6 Å². The summed E-state index contributed by atoms with van der Waals surface area (Å²) >= 11 is 5.06. The molecule has 0 aliphatic rings. The number of rotatable bonds is 6. The molecule has 0 atom stereocenters. The van der Waals surface area contributed by atoms with Gasteiger partial charge in [0.1, 0.15) is 0 Å². The van der Waals surface area contributed by atoms with Gasteiger partial charge in [-0.1, -0.05) is 70.5 Å². The molecule has 0 aliphatic carbocycles. The zero-order valence-electron chi connectivity index (χ0n) is 16.7. The first-order chi connectivity index (χ1) is 13.9. The van der Waals surface area contributed by atoms with Crippen LogP contribution in [0.25, 0.3) is 11.1 Å². The van der Waals surface area contributed by atoms with Gasteiger partial charge in [0.15, 0.2) is 0 Å². The first-order valence-electron chi connectivity index (χ1n) is 9.32. The lowest BCUT2D eigenvalue weighted by Gasteiger charge is -2.08. The van der Waals surface area contributed by atoms with Gasteiger partial charge in [-0.2, -0.15) is 5.10 Å². The fraction of sp³-hybridized carbons (Fsp3) is 0.167. The Morgan fingerprint density at radius 3 is 2.31 bits per heavy atom. The number of hydrogen-bond acceptors (Lipinski definition) is 3. The second-order valence-corrected chi connectivity index (χ2v) is 8.70. The number of benzene rings is 3. The highest BCUT2D eigenvalue weighted by molar-refractivity contribution is 9.10. The molecule has 0 unspecified atom stereocenters. The maximum absolute atomic E-state index is 12.2. The van der Waals surface area contributed by atoms with Gasteiger partial charge in [-0.3, -0.25) is 4.79 Å². The van der Waals surface area contributed by atoms with E-state index >= 15 is 0 Å². The predicted molar refractivity (Wildman–Crippen MR) is 127 cm³/mol. The summed E-state index contributed by atoms with van der Waals surface area (Å²) in [6.07, 6.45) is 0. The Labute approximate surface area is 184 Å². The number of halogens is 1. The lowest BCUT2D eigenvalue weighted by molar-refractivity contribution is -0.118. The molecule has 0 saturated carbocycles. The van der Waals surface area contributed by atoms with E-state index in [4.69, 9.17) is 0 Å². The molecule has 29 heavy (non-hydrogen) atoms. The first-order valence-corrected chi connectivity index (χ1v) is 11.1. The number of thioether (sulfide) groups is 1. The molecule has 0 fully saturated rings. The van der Waals surface area contributed by atoms with E-state index in [1.807, 2.05) is 51.1 Å². The van der Waals surface area contributed by atoms with Gasteiger partial charge in [0.2, 0.25) is 5.91 Å². The summed E-state index contributed by atoms with van der Waals surface area (Å²) in [6.45, 7) is 5.99. The molecule has 5 heteroatoms. The van der Waals surface area contributed by atoms with Crippen molar-refractivity contribution < 1.29 is 4.79 Å². The molecule has 3 aromatic rings. The molecule has 1 amide bonds. The summed E-state index contributed by atoms with van der Waals surface area (Å²) in [5.74, 6) is 0.210. The topological polar surface area (TPSA) is 41.5 Å². The zero-order chi connectivity index (χ0) is 20.8. The third-order valence-electron chi connectivity index (χ3n) is 4.57. The molecule has 1 N–H and O–H groups in total. The van der Waals surface area contributed by atoms with Gasteiger partial charge < -0.3 is 0 Å². The Kier molecular flexibility index (Phi) is 7.29. The molecule has 0 spiro atoms. The average molecular weight is 467 g/mol. The molecule has 3 rings (SSSR count). The van der Waals surface area contributed by atoms with E-state index in [1.54, 1.807) is 0 Å². The monoisotopic (exact) mass is 466 g/mol. The van der Waals surface area contributed by atoms with E-state index < -0.39 is 0 Å². The Bertz CT molecular complexity index is 1030. The zero-order valence-corrected chi connectivity index (χ0v) is 19.1. The van der Waals surface area contributed by atoms with Crippen LogP contribution in [0.15, 0.2) is 81.2 Å². The van der Waals surface area contributed by atoms with Gasteiger partial charge in [-0.05, 0) is 60.7 Å². The van der Waals surface area contributed by atoms with Crippen molar-refractivity contribution >= 4 is 39.3 Å². The largest absolute Gasteiger partial charge is 0.272 e. The lowest BCUT2D eigenvalue weighted by atomic mass is 10.0. The number of amides is 1. The molecule has 148 valence electrons. The maximum atomic E-state index is 12.2. The fourth-order valence-electron chi connectivity index (χ4n) is 2.83. The summed E-state index contributed by atoms with van der Waals surface area (Å²) in [6, 6.07) is 22.6. The minimum absolute atomic E-state index is 0.116. The Hall–Kier alpha value is -2.37. The number of nitrogens with zero attached hydrogens (tertiary/aromatic N) is 1. The minimum atomic E-state index is -0.116. The number of nitrogens with one attached hydrogen (secondary N) is 1. The van der Waals surface area contributed by atoms with Gasteiger partial charge >= 0.3 is 0 Å². The summed E-state index contributed by atoms with van der Waals surface area (Å²) in [5, 5.41) is 4.26. The van der Waals surface area contributed by atoms with E-state index in [2.05, 4.69) is 62.9 Å². The second-order valence-electron chi connectivity index (χ2n) is 6.83. The van der Waals surface area contributed by atoms with Crippen LogP contribution < -0.4 is 5.43 Å². The van der Waals surface area contributed by atoms with Gasteiger partial charge in [0.25, 0.3) is 0 Å². The first kappa shape index (κ1) is 21.3. The van der Waals surface area contributed by atoms with Crippen LogP contribution in [-0.2, 0) is 4.79 Å². The molecule has 0 radical (unpaired) electrons. The van der Waals surface area contributed by atoms with Crippen molar-refractivity contribution in [2.45, 2.75) is 25.7 Å². The molecule has 0 aromatic heterocycles. The quantitative estimate of drug-likeness (QED) is 0.260. The van der Waals surface area contributed by atoms with Crippen molar-refractivity contribution in [2.24, 2.45) is 5.10 Å². The van der Waals surface area contributed by atoms with Crippen molar-refractivity contribution in [3.8, 4) is 11.1 Å². The van der Waals surface area contributed by atoms with Crippen molar-refractivity contribution in [1.29, 1.82) is 0 Å². The maximum Gasteiger partial charge on any atom is 0.250 e. The van der Waals surface area contributed by atoms with Crippen LogP contribution in [0.5, 0.6) is 0 Å². The third kappa shape index (κ3) is 5.81. The molecule has 0 heterocycles. The number of hydrogen-bond donors (Lipinski definition) is 1. The highest BCUT2D eigenvalue weighted by Crippen LogP contribution is 2.28. The highest BCUT2D eigenvalue weighted by atomic mass is 79.9. The van der Waals surface area contributed by atoms with E-state index in [-0.39, 0.29) is 5.91 Å². The van der Waals surface area contributed by atoms with Crippen molar-refractivity contribution in [3.05, 3.63) is 87.9 Å². The molecular formula is C24H23BrN2OS. The van der Waals surface area contributed by atoms with Crippen LogP contribution in [0.3, 0.4) is 0 Å². The SMILES string of the molecule is C/C(=N\NC(=O)CSc1cc(C)c(Br)cc1C)c1ccc(-c2ccccc2)cc1. The standard InChI is InChI=1S/C24H23BrN2OS/c1-16-14-23(17(2)13-22(16)25)29-15-24(28)27-26-18(3)19-9-11-21(12-10-19)20-7-5-4-6-8-20/h4-14H,15H2,1-3H3,(H,27,28)/b26-18+. The van der Waals surface area contributed by atoms with Gasteiger partial charge in [0.05, 0.1) is 11.5 Å². The third-order valence-corrected chi connectivity index (χ3v) is 6.58. The van der Waals surface area contributed by atoms with Gasteiger partial charge in [-0.25, -0.2) is 5.43 Å². The minimum Gasteiger partial charge on any atom is -0.272 e. The molecule has 3 aromatic carbocycles. The van der Waals surface area contributed by atoms with Crippen LogP contribution in [-0.4, -0.2) is 17.4 Å². The summed E-state index contributed by atoms with van der Waals surface area (Å²) in [4.78, 5) is 13.3.